The highest BCUT2D eigenvalue weighted by Crippen LogP contribution is 1.70. The third-order valence-electron chi connectivity index (χ3n) is 0.323. The van der Waals surface area contributed by atoms with Gasteiger partial charge in [0.25, 0.3) is 0 Å². The van der Waals surface area contributed by atoms with Gasteiger partial charge in [0.1, 0.15) is 6.34 Å². The minimum Gasteiger partial charge on any atom is -0.388 e. The van der Waals surface area contributed by atoms with Crippen LogP contribution >= 0.6 is 0 Å². The molecule has 0 aliphatic carbocycles. The minimum absolute atomic E-state index is 0.650. The average molecular weight is 100 g/mol. The summed E-state index contributed by atoms with van der Waals surface area (Å²) in [6.45, 7) is 2.52. The zero-order valence-electron chi connectivity index (χ0n) is 4.20. The van der Waals surface area contributed by atoms with Crippen LogP contribution in [0.1, 0.15) is 6.92 Å². The van der Waals surface area contributed by atoms with E-state index in [-0.39, 0.29) is 0 Å². The summed E-state index contributed by atoms with van der Waals surface area (Å²) in [6.07, 6.45) is 1.10. The monoisotopic (exact) mass is 100 g/mol. The van der Waals surface area contributed by atoms with Crippen molar-refractivity contribution in [2.75, 3.05) is 6.54 Å². The summed E-state index contributed by atoms with van der Waals surface area (Å²) in [6, 6.07) is 0. The summed E-state index contributed by atoms with van der Waals surface area (Å²) in [7, 11) is 0. The van der Waals surface area contributed by atoms with Crippen LogP contribution in [0.4, 0.5) is 0 Å². The molecule has 0 aromatic carbocycles. The second kappa shape index (κ2) is 5.07. The Kier molecular flexibility index (Phi) is 4.40. The van der Waals surface area contributed by atoms with E-state index in [0.717, 1.165) is 6.34 Å². The van der Waals surface area contributed by atoms with Crippen molar-refractivity contribution in [3.8, 4) is 0 Å². The Bertz CT molecular complexity index is 75.0. The van der Waals surface area contributed by atoms with Gasteiger partial charge in [0, 0.05) is 0 Å². The van der Waals surface area contributed by atoms with Crippen LogP contribution in [-0.2, 0) is 0 Å². The number of hydrogen-bond donors (Lipinski definition) is 1. The number of hydrogen-bond acceptors (Lipinski definition) is 2. The number of nitrogens with two attached hydrogens (primary N) is 1. The second-order valence-electron chi connectivity index (χ2n) is 0.812. The molecule has 0 saturated carbocycles. The van der Waals surface area contributed by atoms with E-state index in [0.29, 0.717) is 6.54 Å². The molecule has 0 amide bonds. The highest BCUT2D eigenvalue weighted by Gasteiger charge is 1.58. The fraction of sp³-hybridized carbons (Fsp3) is 0.667. The molecule has 7 heavy (non-hydrogen) atoms. The standard InChI is InChI=1S/C3H8N4/c1-2-5-7-6-3-4/h3H,2H2,1H3,(H2,4,5,6). The van der Waals surface area contributed by atoms with Gasteiger partial charge in [-0.1, -0.05) is 0 Å². The maximum Gasteiger partial charge on any atom is 0.110 e. The lowest BCUT2D eigenvalue weighted by molar-refractivity contribution is 0.929. The van der Waals surface area contributed by atoms with Crippen LogP contribution in [0.3, 0.4) is 0 Å². The predicted molar refractivity (Wildman–Crippen MR) is 28.1 cm³/mol. The SMILES string of the molecule is CCN=NN=CN. The van der Waals surface area contributed by atoms with Crippen LogP contribution in [0.2, 0.25) is 0 Å². The normalized spacial score (nSPS) is 11.6. The number of nitrogens with zero attached hydrogens (tertiary/aromatic N) is 3. The summed E-state index contributed by atoms with van der Waals surface area (Å²) in [5.41, 5.74) is 4.82. The first kappa shape index (κ1) is 6.07. The van der Waals surface area contributed by atoms with E-state index in [1.54, 1.807) is 0 Å². The molecule has 4 heteroatoms. The minimum atomic E-state index is 0.650. The third-order valence-corrected chi connectivity index (χ3v) is 0.323. The van der Waals surface area contributed by atoms with Crippen molar-refractivity contribution in [3.63, 3.8) is 0 Å². The van der Waals surface area contributed by atoms with Crippen LogP contribution in [0.15, 0.2) is 15.4 Å². The Hall–Kier alpha value is -0.930. The maximum absolute atomic E-state index is 4.82. The molecule has 0 fully saturated rings. The van der Waals surface area contributed by atoms with Crippen molar-refractivity contribution in [1.82, 2.24) is 0 Å². The van der Waals surface area contributed by atoms with Gasteiger partial charge >= 0.3 is 0 Å². The lowest BCUT2D eigenvalue weighted by atomic mass is 10.8. The zero-order chi connectivity index (χ0) is 5.54. The molecule has 2 N–H and O–H groups in total. The van der Waals surface area contributed by atoms with Gasteiger partial charge in [-0.3, -0.25) is 0 Å². The summed E-state index contributed by atoms with van der Waals surface area (Å²) in [5, 5.41) is 10.1. The molecule has 40 valence electrons. The summed E-state index contributed by atoms with van der Waals surface area (Å²) in [4.78, 5) is 0. The van der Waals surface area contributed by atoms with Gasteiger partial charge < -0.3 is 5.73 Å². The molecule has 0 aliphatic heterocycles. The molecule has 0 unspecified atom stereocenters. The fourth-order valence-electron chi connectivity index (χ4n) is 0.130. The van der Waals surface area contributed by atoms with Gasteiger partial charge in [0.2, 0.25) is 0 Å². The van der Waals surface area contributed by atoms with E-state index in [9.17, 15) is 0 Å². The molecule has 0 aliphatic rings. The molecule has 0 bridgehead atoms. The predicted octanol–water partition coefficient (Wildman–Crippen LogP) is 0.361. The van der Waals surface area contributed by atoms with Gasteiger partial charge in [-0.2, -0.15) is 5.11 Å². The second-order valence-corrected chi connectivity index (χ2v) is 0.812. The molecule has 0 aromatic heterocycles. The van der Waals surface area contributed by atoms with Crippen LogP contribution in [0, 0.1) is 0 Å². The number of rotatable bonds is 2. The van der Waals surface area contributed by atoms with Crippen molar-refractivity contribution in [2.24, 2.45) is 21.2 Å². The van der Waals surface area contributed by atoms with Gasteiger partial charge in [0.15, 0.2) is 0 Å². The molecule has 0 saturated heterocycles. The van der Waals surface area contributed by atoms with Crippen molar-refractivity contribution in [2.45, 2.75) is 6.92 Å². The molecule has 0 heterocycles. The Balaban J connectivity index is 3.09. The quantitative estimate of drug-likeness (QED) is 0.231. The molecular weight excluding hydrogens is 92.1 g/mol. The van der Waals surface area contributed by atoms with Crippen molar-refractivity contribution < 1.29 is 0 Å². The van der Waals surface area contributed by atoms with Crippen LogP contribution < -0.4 is 5.73 Å². The van der Waals surface area contributed by atoms with Crippen molar-refractivity contribution >= 4 is 6.34 Å². The largest absolute Gasteiger partial charge is 0.388 e. The first-order chi connectivity index (χ1) is 3.41. The lowest BCUT2D eigenvalue weighted by Crippen LogP contribution is -1.84. The molecular formula is C3H8N4. The molecule has 4 nitrogen and oxygen atoms in total. The van der Waals surface area contributed by atoms with Gasteiger partial charge in [-0.05, 0) is 12.1 Å². The Morgan fingerprint density at radius 3 is 2.86 bits per heavy atom. The molecule has 0 atom stereocenters. The fourth-order valence-corrected chi connectivity index (χ4v) is 0.130. The topological polar surface area (TPSA) is 63.1 Å². The first-order valence-electron chi connectivity index (χ1n) is 2.01. The molecule has 0 aromatic rings. The summed E-state index contributed by atoms with van der Waals surface area (Å²) >= 11 is 0. The van der Waals surface area contributed by atoms with Crippen LogP contribution in [0.25, 0.3) is 0 Å². The highest BCUT2D eigenvalue weighted by molar-refractivity contribution is 5.50. The van der Waals surface area contributed by atoms with Crippen LogP contribution in [-0.4, -0.2) is 12.9 Å². The van der Waals surface area contributed by atoms with Crippen molar-refractivity contribution in [1.29, 1.82) is 0 Å². The van der Waals surface area contributed by atoms with E-state index in [2.05, 4.69) is 15.4 Å². The average Bonchev–Trinajstić information content (AvgIpc) is 1.69. The van der Waals surface area contributed by atoms with E-state index >= 15 is 0 Å². The first-order valence-corrected chi connectivity index (χ1v) is 2.01. The molecule has 0 radical (unpaired) electrons. The van der Waals surface area contributed by atoms with E-state index in [4.69, 9.17) is 5.73 Å². The molecule has 0 rings (SSSR count). The molecule has 0 spiro atoms. The maximum atomic E-state index is 4.82. The Morgan fingerprint density at radius 2 is 2.43 bits per heavy atom. The van der Waals surface area contributed by atoms with Crippen molar-refractivity contribution in [3.05, 3.63) is 0 Å². The third kappa shape index (κ3) is 5.07. The summed E-state index contributed by atoms with van der Waals surface area (Å²) < 4.78 is 0. The lowest BCUT2D eigenvalue weighted by Gasteiger charge is -1.70. The van der Waals surface area contributed by atoms with Gasteiger partial charge in [-0.15, -0.1) is 5.10 Å². The van der Waals surface area contributed by atoms with Gasteiger partial charge in [0.05, 0.1) is 6.54 Å². The van der Waals surface area contributed by atoms with E-state index in [1.807, 2.05) is 6.92 Å². The zero-order valence-corrected chi connectivity index (χ0v) is 4.20. The van der Waals surface area contributed by atoms with E-state index < -0.39 is 0 Å². The highest BCUT2D eigenvalue weighted by atomic mass is 15.4. The Labute approximate surface area is 42.1 Å². The van der Waals surface area contributed by atoms with E-state index in [1.165, 1.54) is 0 Å². The summed E-state index contributed by atoms with van der Waals surface area (Å²) in [5.74, 6) is 0. The van der Waals surface area contributed by atoms with Crippen LogP contribution in [0.5, 0.6) is 0 Å². The smallest absolute Gasteiger partial charge is 0.110 e. The Morgan fingerprint density at radius 1 is 1.71 bits per heavy atom. The van der Waals surface area contributed by atoms with Gasteiger partial charge in [-0.25, -0.2) is 0 Å².